The lowest BCUT2D eigenvalue weighted by molar-refractivity contribution is 0.0696. The number of benzene rings is 3. The second-order valence-corrected chi connectivity index (χ2v) is 8.84. The van der Waals surface area contributed by atoms with Crippen LogP contribution >= 0.6 is 0 Å². The van der Waals surface area contributed by atoms with Gasteiger partial charge in [-0.05, 0) is 85.6 Å². The van der Waals surface area contributed by atoms with Gasteiger partial charge in [0.15, 0.2) is 0 Å². The summed E-state index contributed by atoms with van der Waals surface area (Å²) in [6.45, 7) is 3.87. The van der Waals surface area contributed by atoms with Gasteiger partial charge in [0.25, 0.3) is 5.91 Å². The number of hydrogen-bond acceptors (Lipinski definition) is 4. The molecule has 2 N–H and O–H groups in total. The van der Waals surface area contributed by atoms with Crippen LogP contribution in [0.15, 0.2) is 107 Å². The fraction of sp³-hybridized carbons (Fsp3) is 0.0645. The van der Waals surface area contributed by atoms with E-state index < -0.39 is 5.97 Å². The molecule has 188 valence electrons. The number of aromatic nitrogens is 1. The summed E-state index contributed by atoms with van der Waals surface area (Å²) in [6, 6.07) is 30.0. The van der Waals surface area contributed by atoms with Crippen molar-refractivity contribution < 1.29 is 19.1 Å². The highest BCUT2D eigenvalue weighted by Gasteiger charge is 2.12. The van der Waals surface area contributed by atoms with Crippen LogP contribution < -0.4 is 5.43 Å². The number of nitrogens with zero attached hydrogens (tertiary/aromatic N) is 2. The van der Waals surface area contributed by atoms with Crippen molar-refractivity contribution in [1.82, 2.24) is 9.99 Å². The topological polar surface area (TPSA) is 96.8 Å². The molecule has 7 nitrogen and oxygen atoms in total. The van der Waals surface area contributed by atoms with Crippen molar-refractivity contribution in [3.05, 3.63) is 125 Å². The molecule has 2 aromatic heterocycles. The van der Waals surface area contributed by atoms with Crippen molar-refractivity contribution in [2.24, 2.45) is 5.10 Å². The number of carbonyl (C=O) groups is 2. The van der Waals surface area contributed by atoms with Crippen molar-refractivity contribution in [2.45, 2.75) is 13.8 Å². The van der Waals surface area contributed by atoms with Gasteiger partial charge < -0.3 is 14.1 Å². The standard InChI is InChI=1S/C31H25N3O4/c1-20-18-24(31(36)37)11-15-27(20)29-17-14-26(38-29)19-32-33-30(35)23-9-12-25(13-10-23)34-21(2)8-16-28(34)22-6-4-3-5-7-22/h3-19H,1-2H3,(H,33,35)(H,36,37)/b32-19+. The van der Waals surface area contributed by atoms with Crippen molar-refractivity contribution in [2.75, 3.05) is 0 Å². The Hall–Kier alpha value is -5.17. The Morgan fingerprint density at radius 1 is 0.868 bits per heavy atom. The summed E-state index contributed by atoms with van der Waals surface area (Å²) >= 11 is 0. The van der Waals surface area contributed by atoms with E-state index in [9.17, 15) is 9.59 Å². The number of rotatable bonds is 7. The number of furan rings is 1. The zero-order valence-electron chi connectivity index (χ0n) is 20.9. The average molecular weight is 504 g/mol. The number of amides is 1. The molecule has 0 aliphatic rings. The van der Waals surface area contributed by atoms with Crippen LogP contribution in [0.25, 0.3) is 28.3 Å². The molecule has 0 radical (unpaired) electrons. The van der Waals surface area contributed by atoms with E-state index in [1.165, 1.54) is 12.3 Å². The molecule has 3 aromatic carbocycles. The Balaban J connectivity index is 1.26. The van der Waals surface area contributed by atoms with E-state index in [2.05, 4.69) is 39.4 Å². The zero-order valence-corrected chi connectivity index (χ0v) is 20.9. The number of carboxylic acids is 1. The maximum atomic E-state index is 12.6. The number of aryl methyl sites for hydroxylation is 2. The summed E-state index contributed by atoms with van der Waals surface area (Å²) < 4.78 is 7.96. The predicted octanol–water partition coefficient (Wildman–Crippen LogP) is 6.48. The van der Waals surface area contributed by atoms with Gasteiger partial charge in [-0.2, -0.15) is 5.10 Å². The van der Waals surface area contributed by atoms with E-state index in [0.29, 0.717) is 17.1 Å². The predicted molar refractivity (Wildman–Crippen MR) is 147 cm³/mol. The quantitative estimate of drug-likeness (QED) is 0.196. The molecule has 0 bridgehead atoms. The fourth-order valence-corrected chi connectivity index (χ4v) is 4.34. The third kappa shape index (κ3) is 5.03. The maximum Gasteiger partial charge on any atom is 0.335 e. The van der Waals surface area contributed by atoms with Gasteiger partial charge in [-0.1, -0.05) is 36.4 Å². The molecule has 0 unspecified atom stereocenters. The molecule has 0 saturated heterocycles. The minimum atomic E-state index is -0.978. The van der Waals surface area contributed by atoms with Crippen molar-refractivity contribution >= 4 is 18.1 Å². The highest BCUT2D eigenvalue weighted by atomic mass is 16.4. The van der Waals surface area contributed by atoms with Gasteiger partial charge >= 0.3 is 5.97 Å². The number of nitrogens with one attached hydrogen (secondary N) is 1. The van der Waals surface area contributed by atoms with E-state index in [4.69, 9.17) is 9.52 Å². The highest BCUT2D eigenvalue weighted by Crippen LogP contribution is 2.27. The van der Waals surface area contributed by atoms with Gasteiger partial charge in [0.1, 0.15) is 11.5 Å². The lowest BCUT2D eigenvalue weighted by Gasteiger charge is -2.12. The lowest BCUT2D eigenvalue weighted by atomic mass is 10.0. The number of carbonyl (C=O) groups excluding carboxylic acids is 1. The molecule has 0 saturated carbocycles. The molecule has 5 rings (SSSR count). The van der Waals surface area contributed by atoms with Crippen molar-refractivity contribution in [3.63, 3.8) is 0 Å². The van der Waals surface area contributed by atoms with Crippen LogP contribution in [0.5, 0.6) is 0 Å². The Labute approximate surface area is 219 Å². The number of hydrogen-bond donors (Lipinski definition) is 2. The Bertz CT molecular complexity index is 1640. The van der Waals surface area contributed by atoms with E-state index in [1.807, 2.05) is 44.2 Å². The molecule has 38 heavy (non-hydrogen) atoms. The summed E-state index contributed by atoms with van der Waals surface area (Å²) in [4.78, 5) is 23.8. The van der Waals surface area contributed by atoms with E-state index in [1.54, 1.807) is 36.4 Å². The third-order valence-electron chi connectivity index (χ3n) is 6.26. The van der Waals surface area contributed by atoms with Crippen LogP contribution in [-0.4, -0.2) is 27.8 Å². The Morgan fingerprint density at radius 3 is 2.32 bits per heavy atom. The van der Waals surface area contributed by atoms with Crippen LogP contribution in [-0.2, 0) is 0 Å². The van der Waals surface area contributed by atoms with Gasteiger partial charge in [-0.3, -0.25) is 4.79 Å². The van der Waals surface area contributed by atoms with Crippen LogP contribution in [0.1, 0.15) is 37.7 Å². The first-order valence-electron chi connectivity index (χ1n) is 12.0. The first kappa shape index (κ1) is 24.5. The van der Waals surface area contributed by atoms with E-state index in [-0.39, 0.29) is 11.5 Å². The first-order valence-corrected chi connectivity index (χ1v) is 12.0. The van der Waals surface area contributed by atoms with E-state index in [0.717, 1.165) is 33.8 Å². The van der Waals surface area contributed by atoms with Gasteiger partial charge in [-0.15, -0.1) is 0 Å². The summed E-state index contributed by atoms with van der Waals surface area (Å²) in [5.74, 6) is -0.284. The number of hydrazone groups is 1. The third-order valence-corrected chi connectivity index (χ3v) is 6.26. The average Bonchev–Trinajstić information content (AvgIpc) is 3.55. The van der Waals surface area contributed by atoms with Crippen molar-refractivity contribution in [1.29, 1.82) is 0 Å². The largest absolute Gasteiger partial charge is 0.478 e. The Kier molecular flexibility index (Phi) is 6.74. The van der Waals surface area contributed by atoms with Gasteiger partial charge in [-0.25, -0.2) is 10.2 Å². The molecular formula is C31H25N3O4. The Morgan fingerprint density at radius 2 is 1.61 bits per heavy atom. The van der Waals surface area contributed by atoms with Crippen LogP contribution in [0.3, 0.4) is 0 Å². The second-order valence-electron chi connectivity index (χ2n) is 8.84. The monoisotopic (exact) mass is 503 g/mol. The van der Waals surface area contributed by atoms with Crippen LogP contribution in [0, 0.1) is 13.8 Å². The molecule has 0 spiro atoms. The molecule has 1 amide bonds. The fourth-order valence-electron chi connectivity index (χ4n) is 4.34. The summed E-state index contributed by atoms with van der Waals surface area (Å²) in [7, 11) is 0. The van der Waals surface area contributed by atoms with Gasteiger partial charge in [0, 0.05) is 22.5 Å². The lowest BCUT2D eigenvalue weighted by Crippen LogP contribution is -2.17. The second kappa shape index (κ2) is 10.4. The van der Waals surface area contributed by atoms with Gasteiger partial charge in [0.2, 0.25) is 0 Å². The van der Waals surface area contributed by atoms with Gasteiger partial charge in [0.05, 0.1) is 17.5 Å². The smallest absolute Gasteiger partial charge is 0.335 e. The zero-order chi connectivity index (χ0) is 26.6. The molecule has 0 atom stereocenters. The van der Waals surface area contributed by atoms with Crippen molar-refractivity contribution in [3.8, 4) is 28.3 Å². The molecule has 5 aromatic rings. The normalized spacial score (nSPS) is 11.1. The minimum Gasteiger partial charge on any atom is -0.478 e. The van der Waals surface area contributed by atoms with Crippen LogP contribution in [0.4, 0.5) is 0 Å². The maximum absolute atomic E-state index is 12.6. The van der Waals surface area contributed by atoms with E-state index >= 15 is 0 Å². The molecule has 0 fully saturated rings. The number of carboxylic acid groups (broad SMARTS) is 1. The molecular weight excluding hydrogens is 478 g/mol. The van der Waals surface area contributed by atoms with Crippen LogP contribution in [0.2, 0.25) is 0 Å². The molecule has 0 aliphatic heterocycles. The number of aromatic carboxylic acids is 1. The molecule has 0 aliphatic carbocycles. The molecule has 2 heterocycles. The molecule has 7 heteroatoms. The summed E-state index contributed by atoms with van der Waals surface area (Å²) in [6.07, 6.45) is 1.42. The summed E-state index contributed by atoms with van der Waals surface area (Å²) in [5, 5.41) is 13.2. The summed E-state index contributed by atoms with van der Waals surface area (Å²) in [5.41, 5.74) is 9.04. The SMILES string of the molecule is Cc1cc(C(=O)O)ccc1-c1ccc(/C=N/NC(=O)c2ccc(-n3c(C)ccc3-c3ccccc3)cc2)o1. The minimum absolute atomic E-state index is 0.218. The highest BCUT2D eigenvalue weighted by molar-refractivity contribution is 5.95. The first-order chi connectivity index (χ1) is 18.4.